The summed E-state index contributed by atoms with van der Waals surface area (Å²) in [6.07, 6.45) is 9.44. The third-order valence-corrected chi connectivity index (χ3v) is 4.85. The van der Waals surface area contributed by atoms with Crippen LogP contribution in [0.2, 0.25) is 0 Å². The smallest absolute Gasteiger partial charge is 0.0898 e. The van der Waals surface area contributed by atoms with Crippen LogP contribution in [0.25, 0.3) is 0 Å². The SMILES string of the molecule is Cc1nc(C(N)Cc2ccn(C3CCCCC3)n2)cs1. The van der Waals surface area contributed by atoms with E-state index in [-0.39, 0.29) is 6.04 Å². The Hall–Kier alpha value is -1.20. The van der Waals surface area contributed by atoms with Gasteiger partial charge in [-0.3, -0.25) is 4.68 Å². The van der Waals surface area contributed by atoms with Crippen molar-refractivity contribution >= 4 is 11.3 Å². The summed E-state index contributed by atoms with van der Waals surface area (Å²) >= 11 is 1.65. The fourth-order valence-electron chi connectivity index (χ4n) is 2.92. The Kier molecular flexibility index (Phi) is 4.17. The van der Waals surface area contributed by atoms with E-state index in [0.717, 1.165) is 22.8 Å². The van der Waals surface area contributed by atoms with Crippen molar-refractivity contribution < 1.29 is 0 Å². The summed E-state index contributed by atoms with van der Waals surface area (Å²) in [4.78, 5) is 4.46. The number of aromatic nitrogens is 3. The fourth-order valence-corrected chi connectivity index (χ4v) is 3.59. The van der Waals surface area contributed by atoms with E-state index in [1.165, 1.54) is 32.1 Å². The normalized spacial score (nSPS) is 18.3. The molecule has 2 aromatic rings. The summed E-state index contributed by atoms with van der Waals surface area (Å²) in [6.45, 7) is 2.01. The molecule has 2 heterocycles. The quantitative estimate of drug-likeness (QED) is 0.939. The molecule has 0 radical (unpaired) electrons. The van der Waals surface area contributed by atoms with Gasteiger partial charge >= 0.3 is 0 Å². The molecule has 5 heteroatoms. The van der Waals surface area contributed by atoms with E-state index in [0.29, 0.717) is 6.04 Å². The molecule has 1 saturated carbocycles. The molecule has 1 atom stereocenters. The second-order valence-corrected chi connectivity index (χ2v) is 6.74. The van der Waals surface area contributed by atoms with Gasteiger partial charge in [-0.1, -0.05) is 19.3 Å². The molecular formula is C15H22N4S. The van der Waals surface area contributed by atoms with Gasteiger partial charge in [0.1, 0.15) is 0 Å². The molecule has 0 aromatic carbocycles. The topological polar surface area (TPSA) is 56.7 Å². The molecule has 1 unspecified atom stereocenters. The maximum absolute atomic E-state index is 6.22. The minimum Gasteiger partial charge on any atom is -0.322 e. The van der Waals surface area contributed by atoms with Crippen molar-refractivity contribution in [3.05, 3.63) is 34.0 Å². The molecule has 0 amide bonds. The summed E-state index contributed by atoms with van der Waals surface area (Å²) in [7, 11) is 0. The second-order valence-electron chi connectivity index (χ2n) is 5.68. The maximum Gasteiger partial charge on any atom is 0.0898 e. The molecule has 0 saturated heterocycles. The van der Waals surface area contributed by atoms with Crippen molar-refractivity contribution in [1.82, 2.24) is 14.8 Å². The van der Waals surface area contributed by atoms with Crippen LogP contribution in [0.4, 0.5) is 0 Å². The summed E-state index contributed by atoms with van der Waals surface area (Å²) in [5.41, 5.74) is 8.29. The van der Waals surface area contributed by atoms with Gasteiger partial charge in [-0.25, -0.2) is 4.98 Å². The Labute approximate surface area is 124 Å². The monoisotopic (exact) mass is 290 g/mol. The maximum atomic E-state index is 6.22. The van der Waals surface area contributed by atoms with E-state index in [9.17, 15) is 0 Å². The highest BCUT2D eigenvalue weighted by Gasteiger charge is 2.17. The predicted octanol–water partition coefficient (Wildman–Crippen LogP) is 3.40. The van der Waals surface area contributed by atoms with Crippen LogP contribution in [0.15, 0.2) is 17.6 Å². The Morgan fingerprint density at radius 3 is 2.90 bits per heavy atom. The molecule has 1 fully saturated rings. The van der Waals surface area contributed by atoms with Gasteiger partial charge in [0.25, 0.3) is 0 Å². The van der Waals surface area contributed by atoms with Gasteiger partial charge in [0.15, 0.2) is 0 Å². The van der Waals surface area contributed by atoms with Gasteiger partial charge < -0.3 is 5.73 Å². The zero-order valence-corrected chi connectivity index (χ0v) is 12.8. The molecule has 20 heavy (non-hydrogen) atoms. The number of nitrogens with two attached hydrogens (primary N) is 1. The Morgan fingerprint density at radius 2 is 2.20 bits per heavy atom. The molecule has 1 aliphatic rings. The van der Waals surface area contributed by atoms with Crippen molar-refractivity contribution in [2.75, 3.05) is 0 Å². The van der Waals surface area contributed by atoms with Crippen LogP contribution >= 0.6 is 11.3 Å². The lowest BCUT2D eigenvalue weighted by Gasteiger charge is -2.21. The highest BCUT2D eigenvalue weighted by molar-refractivity contribution is 7.09. The molecule has 3 rings (SSSR count). The summed E-state index contributed by atoms with van der Waals surface area (Å²) in [6, 6.07) is 2.65. The third-order valence-electron chi connectivity index (χ3n) is 4.06. The Balaban J connectivity index is 1.64. The van der Waals surface area contributed by atoms with Gasteiger partial charge in [-0.05, 0) is 25.8 Å². The summed E-state index contributed by atoms with van der Waals surface area (Å²) < 4.78 is 2.15. The van der Waals surface area contributed by atoms with E-state index in [2.05, 4.69) is 27.3 Å². The second kappa shape index (κ2) is 6.06. The minimum absolute atomic E-state index is 0.0466. The molecule has 2 N–H and O–H groups in total. The highest BCUT2D eigenvalue weighted by atomic mass is 32.1. The number of hydrogen-bond donors (Lipinski definition) is 1. The van der Waals surface area contributed by atoms with Gasteiger partial charge in [0, 0.05) is 18.0 Å². The van der Waals surface area contributed by atoms with Crippen LogP contribution in [-0.2, 0) is 6.42 Å². The van der Waals surface area contributed by atoms with Crippen LogP contribution in [0, 0.1) is 6.92 Å². The molecular weight excluding hydrogens is 268 g/mol. The number of hydrogen-bond acceptors (Lipinski definition) is 4. The van der Waals surface area contributed by atoms with Crippen LogP contribution in [-0.4, -0.2) is 14.8 Å². The van der Waals surface area contributed by atoms with E-state index >= 15 is 0 Å². The molecule has 4 nitrogen and oxygen atoms in total. The highest BCUT2D eigenvalue weighted by Crippen LogP contribution is 2.27. The first-order valence-electron chi connectivity index (χ1n) is 7.44. The molecule has 2 aromatic heterocycles. The zero-order valence-electron chi connectivity index (χ0n) is 12.0. The summed E-state index contributed by atoms with van der Waals surface area (Å²) in [5, 5.41) is 7.84. The number of nitrogens with zero attached hydrogens (tertiary/aromatic N) is 3. The van der Waals surface area contributed by atoms with Crippen molar-refractivity contribution in [2.24, 2.45) is 5.73 Å². The lowest BCUT2D eigenvalue weighted by molar-refractivity contribution is 0.328. The van der Waals surface area contributed by atoms with Crippen LogP contribution < -0.4 is 5.73 Å². The summed E-state index contributed by atoms with van der Waals surface area (Å²) in [5.74, 6) is 0. The van der Waals surface area contributed by atoms with E-state index in [1.807, 2.05) is 6.92 Å². The first-order valence-corrected chi connectivity index (χ1v) is 8.32. The number of aryl methyl sites for hydroxylation is 1. The van der Waals surface area contributed by atoms with Crippen molar-refractivity contribution in [3.63, 3.8) is 0 Å². The van der Waals surface area contributed by atoms with Crippen molar-refractivity contribution in [2.45, 2.75) is 57.5 Å². The van der Waals surface area contributed by atoms with Crippen LogP contribution in [0.1, 0.15) is 60.6 Å². The Bertz CT molecular complexity index is 554. The molecule has 108 valence electrons. The first-order chi connectivity index (χ1) is 9.72. The van der Waals surface area contributed by atoms with E-state index in [1.54, 1.807) is 11.3 Å². The molecule has 0 bridgehead atoms. The largest absolute Gasteiger partial charge is 0.322 e. The Morgan fingerprint density at radius 1 is 1.40 bits per heavy atom. The lowest BCUT2D eigenvalue weighted by atomic mass is 9.96. The van der Waals surface area contributed by atoms with Gasteiger partial charge in [0.2, 0.25) is 0 Å². The van der Waals surface area contributed by atoms with Gasteiger partial charge in [-0.15, -0.1) is 11.3 Å². The number of rotatable bonds is 4. The van der Waals surface area contributed by atoms with Crippen molar-refractivity contribution in [3.8, 4) is 0 Å². The first kappa shape index (κ1) is 13.8. The fraction of sp³-hybridized carbons (Fsp3) is 0.600. The minimum atomic E-state index is -0.0466. The van der Waals surface area contributed by atoms with E-state index in [4.69, 9.17) is 10.8 Å². The zero-order chi connectivity index (χ0) is 13.9. The number of thiazole rings is 1. The van der Waals surface area contributed by atoms with Crippen molar-refractivity contribution in [1.29, 1.82) is 0 Å². The lowest BCUT2D eigenvalue weighted by Crippen LogP contribution is -2.16. The molecule has 0 aliphatic heterocycles. The standard InChI is InChI=1S/C15H22N4S/c1-11-17-15(10-20-11)14(16)9-12-7-8-19(18-12)13-5-3-2-4-6-13/h7-8,10,13-14H,2-6,9,16H2,1H3. The predicted molar refractivity (Wildman–Crippen MR) is 81.8 cm³/mol. The third kappa shape index (κ3) is 3.10. The average Bonchev–Trinajstić information content (AvgIpc) is 3.09. The average molecular weight is 290 g/mol. The molecule has 0 spiro atoms. The van der Waals surface area contributed by atoms with Crippen LogP contribution in [0.5, 0.6) is 0 Å². The van der Waals surface area contributed by atoms with Gasteiger partial charge in [0.05, 0.1) is 28.5 Å². The molecule has 1 aliphatic carbocycles. The van der Waals surface area contributed by atoms with Gasteiger partial charge in [-0.2, -0.15) is 5.10 Å². The van der Waals surface area contributed by atoms with Crippen LogP contribution in [0.3, 0.4) is 0 Å². The van der Waals surface area contributed by atoms with E-state index < -0.39 is 0 Å².